The van der Waals surface area contributed by atoms with Gasteiger partial charge in [0.15, 0.2) is 0 Å². The molecule has 0 spiro atoms. The zero-order valence-corrected chi connectivity index (χ0v) is 9.71. The quantitative estimate of drug-likeness (QED) is 0.702. The molecule has 17 heavy (non-hydrogen) atoms. The zero-order chi connectivity index (χ0) is 11.8. The van der Waals surface area contributed by atoms with E-state index in [2.05, 4.69) is 11.6 Å². The van der Waals surface area contributed by atoms with Crippen molar-refractivity contribution in [3.63, 3.8) is 0 Å². The fourth-order valence-electron chi connectivity index (χ4n) is 1.71. The lowest BCUT2D eigenvalue weighted by atomic mass is 10.1. The van der Waals surface area contributed by atoms with Crippen molar-refractivity contribution in [1.82, 2.24) is 4.98 Å². The molecule has 84 valence electrons. The van der Waals surface area contributed by atoms with Gasteiger partial charge in [-0.25, -0.2) is 0 Å². The van der Waals surface area contributed by atoms with Crippen LogP contribution < -0.4 is 14.8 Å². The maximum atomic E-state index is 11.5. The standard InChI is InChI=1S/C13H9NO2S/c1-8-14-13(15)12(17-8)7-9-2-3-11-10(6-9)4-5-16-11/h2-7H,1H2,(H,14,15)/b12-7-. The fourth-order valence-corrected chi connectivity index (χ4v) is 2.46. The molecule has 2 aromatic heterocycles. The lowest BCUT2D eigenvalue weighted by Crippen LogP contribution is -2.19. The number of aromatic amines is 1. The van der Waals surface area contributed by atoms with E-state index in [1.54, 1.807) is 6.26 Å². The smallest absolute Gasteiger partial charge is 0.266 e. The number of H-pyrrole nitrogens is 1. The second kappa shape index (κ2) is 3.75. The third-order valence-corrected chi connectivity index (χ3v) is 3.36. The van der Waals surface area contributed by atoms with Crippen molar-refractivity contribution >= 4 is 35.0 Å². The monoisotopic (exact) mass is 243 g/mol. The second-order valence-corrected chi connectivity index (χ2v) is 4.84. The van der Waals surface area contributed by atoms with Gasteiger partial charge in [0.25, 0.3) is 5.56 Å². The van der Waals surface area contributed by atoms with E-state index >= 15 is 0 Å². The van der Waals surface area contributed by atoms with Crippen LogP contribution in [0.5, 0.6) is 0 Å². The Morgan fingerprint density at radius 3 is 3.00 bits per heavy atom. The van der Waals surface area contributed by atoms with Crippen LogP contribution in [-0.2, 0) is 0 Å². The fraction of sp³-hybridized carbons (Fsp3) is 0. The highest BCUT2D eigenvalue weighted by atomic mass is 32.1. The molecular formula is C13H9NO2S. The van der Waals surface area contributed by atoms with E-state index in [1.165, 1.54) is 11.3 Å². The summed E-state index contributed by atoms with van der Waals surface area (Å²) in [5.41, 5.74) is 1.73. The van der Waals surface area contributed by atoms with E-state index in [4.69, 9.17) is 4.42 Å². The summed E-state index contributed by atoms with van der Waals surface area (Å²) in [4.78, 5) is 14.2. The van der Waals surface area contributed by atoms with Crippen molar-refractivity contribution in [3.05, 3.63) is 55.6 Å². The van der Waals surface area contributed by atoms with Crippen LogP contribution in [0.15, 0.2) is 39.7 Å². The van der Waals surface area contributed by atoms with Crippen LogP contribution >= 0.6 is 11.3 Å². The molecule has 0 bridgehead atoms. The van der Waals surface area contributed by atoms with Crippen molar-refractivity contribution in [1.29, 1.82) is 0 Å². The van der Waals surface area contributed by atoms with Crippen molar-refractivity contribution in [2.45, 2.75) is 0 Å². The van der Waals surface area contributed by atoms with E-state index in [0.717, 1.165) is 16.5 Å². The van der Waals surface area contributed by atoms with Gasteiger partial charge in [0.05, 0.1) is 15.5 Å². The number of furan rings is 1. The largest absolute Gasteiger partial charge is 0.464 e. The summed E-state index contributed by atoms with van der Waals surface area (Å²) in [5.74, 6) is 0. The molecule has 0 atom stereocenters. The van der Waals surface area contributed by atoms with Crippen LogP contribution in [0.1, 0.15) is 5.56 Å². The van der Waals surface area contributed by atoms with Crippen LogP contribution in [0.25, 0.3) is 23.6 Å². The van der Waals surface area contributed by atoms with Crippen LogP contribution in [0, 0.1) is 0 Å². The normalized spacial score (nSPS) is 12.4. The zero-order valence-electron chi connectivity index (χ0n) is 8.90. The topological polar surface area (TPSA) is 46.0 Å². The highest BCUT2D eigenvalue weighted by Crippen LogP contribution is 2.17. The number of aromatic nitrogens is 1. The van der Waals surface area contributed by atoms with E-state index in [9.17, 15) is 4.79 Å². The molecule has 0 saturated heterocycles. The van der Waals surface area contributed by atoms with E-state index in [0.29, 0.717) is 9.20 Å². The number of thiazole rings is 1. The third-order valence-electron chi connectivity index (χ3n) is 2.48. The summed E-state index contributed by atoms with van der Waals surface area (Å²) in [5, 5.41) is 1.03. The second-order valence-electron chi connectivity index (χ2n) is 3.71. The van der Waals surface area contributed by atoms with Gasteiger partial charge in [-0.1, -0.05) is 12.6 Å². The molecule has 0 saturated carbocycles. The number of hydrogen-bond donors (Lipinski definition) is 1. The summed E-state index contributed by atoms with van der Waals surface area (Å²) >= 11 is 1.36. The molecule has 0 aliphatic heterocycles. The highest BCUT2D eigenvalue weighted by Gasteiger charge is 1.98. The average molecular weight is 243 g/mol. The maximum absolute atomic E-state index is 11.5. The highest BCUT2D eigenvalue weighted by molar-refractivity contribution is 7.07. The van der Waals surface area contributed by atoms with E-state index in [-0.39, 0.29) is 5.56 Å². The van der Waals surface area contributed by atoms with Gasteiger partial charge >= 0.3 is 0 Å². The van der Waals surface area contributed by atoms with Crippen molar-refractivity contribution < 1.29 is 4.42 Å². The molecule has 4 heteroatoms. The first-order valence-corrected chi connectivity index (χ1v) is 5.91. The van der Waals surface area contributed by atoms with Gasteiger partial charge in [0.2, 0.25) is 0 Å². The molecule has 0 amide bonds. The first-order chi connectivity index (χ1) is 8.22. The molecule has 3 aromatic rings. The Kier molecular flexibility index (Phi) is 2.23. The van der Waals surface area contributed by atoms with Crippen molar-refractivity contribution in [2.24, 2.45) is 0 Å². The Morgan fingerprint density at radius 2 is 2.24 bits per heavy atom. The molecule has 0 fully saturated rings. The van der Waals surface area contributed by atoms with Crippen LogP contribution in [0.2, 0.25) is 0 Å². The molecule has 1 N–H and O–H groups in total. The Balaban J connectivity index is 2.22. The van der Waals surface area contributed by atoms with E-state index in [1.807, 2.05) is 30.3 Å². The lowest BCUT2D eigenvalue weighted by molar-refractivity contribution is 0.616. The first kappa shape index (κ1) is 10.1. The Bertz CT molecular complexity index is 838. The van der Waals surface area contributed by atoms with Crippen molar-refractivity contribution in [2.75, 3.05) is 0 Å². The molecule has 0 aliphatic rings. The summed E-state index contributed by atoms with van der Waals surface area (Å²) < 4.78 is 6.60. The van der Waals surface area contributed by atoms with Crippen LogP contribution in [0.4, 0.5) is 0 Å². The van der Waals surface area contributed by atoms with E-state index < -0.39 is 0 Å². The minimum atomic E-state index is -0.0905. The summed E-state index contributed by atoms with van der Waals surface area (Å²) in [6.45, 7) is 3.71. The number of fused-ring (bicyclic) bond motifs is 1. The predicted molar refractivity (Wildman–Crippen MR) is 69.5 cm³/mol. The maximum Gasteiger partial charge on any atom is 0.266 e. The molecule has 0 aliphatic carbocycles. The molecule has 0 unspecified atom stereocenters. The Labute approximate surface area is 100 Å². The Morgan fingerprint density at radius 1 is 1.35 bits per heavy atom. The molecule has 3 rings (SSSR count). The van der Waals surface area contributed by atoms with Crippen molar-refractivity contribution in [3.8, 4) is 0 Å². The number of rotatable bonds is 1. The SMILES string of the molecule is C=c1[nH]c(=O)/c(=C/c2ccc3occc3c2)s1. The van der Waals surface area contributed by atoms with Gasteiger partial charge in [-0.15, -0.1) is 11.3 Å². The number of benzene rings is 1. The molecular weight excluding hydrogens is 234 g/mol. The van der Waals surface area contributed by atoms with Gasteiger partial charge in [-0.2, -0.15) is 0 Å². The van der Waals surface area contributed by atoms with Gasteiger partial charge in [-0.3, -0.25) is 4.79 Å². The van der Waals surface area contributed by atoms with Gasteiger partial charge < -0.3 is 9.40 Å². The first-order valence-electron chi connectivity index (χ1n) is 5.09. The van der Waals surface area contributed by atoms with Gasteiger partial charge in [0, 0.05) is 5.39 Å². The van der Waals surface area contributed by atoms with Gasteiger partial charge in [0.1, 0.15) is 5.58 Å². The minimum absolute atomic E-state index is 0.0905. The summed E-state index contributed by atoms with van der Waals surface area (Å²) in [6, 6.07) is 7.71. The number of hydrogen-bond acceptors (Lipinski definition) is 3. The summed E-state index contributed by atoms with van der Waals surface area (Å²) in [6.07, 6.45) is 3.51. The molecule has 0 radical (unpaired) electrons. The molecule has 2 heterocycles. The minimum Gasteiger partial charge on any atom is -0.464 e. The predicted octanol–water partition coefficient (Wildman–Crippen LogP) is 1.42. The molecule has 1 aromatic carbocycles. The van der Waals surface area contributed by atoms with Crippen LogP contribution in [-0.4, -0.2) is 4.98 Å². The third kappa shape index (κ3) is 1.83. The average Bonchev–Trinajstić information content (AvgIpc) is 2.85. The summed E-state index contributed by atoms with van der Waals surface area (Å²) in [7, 11) is 0. The number of nitrogens with one attached hydrogen (secondary N) is 1. The van der Waals surface area contributed by atoms with Gasteiger partial charge in [-0.05, 0) is 29.8 Å². The Hall–Kier alpha value is -2.07. The van der Waals surface area contributed by atoms with Crippen LogP contribution in [0.3, 0.4) is 0 Å². The molecule has 3 nitrogen and oxygen atoms in total. The lowest BCUT2D eigenvalue weighted by Gasteiger charge is -1.91.